The van der Waals surface area contributed by atoms with Crippen molar-refractivity contribution in [2.24, 2.45) is 23.5 Å². The predicted molar refractivity (Wildman–Crippen MR) is 107 cm³/mol. The SMILES string of the molecule is CC(C)C[C@@H](OC1NCNC(N2NCCC2C2CCC(C(F)(F)F)CC2)C1F)C(N)=O. The first-order valence-corrected chi connectivity index (χ1v) is 11.2. The molecule has 5 atom stereocenters. The predicted octanol–water partition coefficient (Wildman–Crippen LogP) is 1.99. The molecule has 0 radical (unpaired) electrons. The molecule has 0 aromatic heterocycles. The van der Waals surface area contributed by atoms with Gasteiger partial charge < -0.3 is 10.5 Å². The Kier molecular flexibility index (Phi) is 8.17. The van der Waals surface area contributed by atoms with Gasteiger partial charge in [-0.1, -0.05) is 13.8 Å². The Balaban J connectivity index is 1.62. The zero-order chi connectivity index (χ0) is 22.8. The number of nitrogens with one attached hydrogen (secondary N) is 3. The minimum absolute atomic E-state index is 0.0497. The van der Waals surface area contributed by atoms with Crippen LogP contribution >= 0.6 is 0 Å². The molecule has 0 bridgehead atoms. The zero-order valence-corrected chi connectivity index (χ0v) is 18.1. The average molecular weight is 454 g/mol. The molecule has 4 unspecified atom stereocenters. The van der Waals surface area contributed by atoms with Crippen LogP contribution in [-0.4, -0.2) is 61.0 Å². The number of primary amides is 1. The van der Waals surface area contributed by atoms with Gasteiger partial charge in [0.15, 0.2) is 6.17 Å². The van der Waals surface area contributed by atoms with Crippen molar-refractivity contribution in [1.29, 1.82) is 0 Å². The van der Waals surface area contributed by atoms with E-state index in [1.807, 2.05) is 18.9 Å². The molecule has 1 amide bonds. The van der Waals surface area contributed by atoms with Gasteiger partial charge >= 0.3 is 6.18 Å². The van der Waals surface area contributed by atoms with Gasteiger partial charge in [-0.3, -0.25) is 20.9 Å². The van der Waals surface area contributed by atoms with Gasteiger partial charge in [-0.25, -0.2) is 9.40 Å². The molecule has 180 valence electrons. The number of hydrogen-bond acceptors (Lipinski definition) is 6. The van der Waals surface area contributed by atoms with Gasteiger partial charge in [-0.05, 0) is 50.4 Å². The van der Waals surface area contributed by atoms with Gasteiger partial charge in [-0.15, -0.1) is 0 Å². The number of hydrogen-bond donors (Lipinski definition) is 4. The Morgan fingerprint density at radius 3 is 2.42 bits per heavy atom. The Bertz CT molecular complexity index is 601. The van der Waals surface area contributed by atoms with E-state index < -0.39 is 42.7 Å². The number of hydrazine groups is 1. The summed E-state index contributed by atoms with van der Waals surface area (Å²) in [5.41, 5.74) is 8.64. The fourth-order valence-corrected chi connectivity index (χ4v) is 5.07. The van der Waals surface area contributed by atoms with Crippen LogP contribution < -0.4 is 21.8 Å². The summed E-state index contributed by atoms with van der Waals surface area (Å²) < 4.78 is 60.2. The maximum absolute atomic E-state index is 15.5. The molecule has 7 nitrogen and oxygen atoms in total. The quantitative estimate of drug-likeness (QED) is 0.441. The minimum atomic E-state index is -4.14. The molecule has 0 aromatic rings. The molecule has 2 saturated heterocycles. The first-order valence-electron chi connectivity index (χ1n) is 11.2. The monoisotopic (exact) mass is 453 g/mol. The molecule has 3 aliphatic rings. The highest BCUT2D eigenvalue weighted by molar-refractivity contribution is 5.78. The van der Waals surface area contributed by atoms with Crippen molar-refractivity contribution in [2.75, 3.05) is 13.2 Å². The lowest BCUT2D eigenvalue weighted by atomic mass is 9.77. The summed E-state index contributed by atoms with van der Waals surface area (Å²) in [5, 5.41) is 7.81. The standard InChI is InChI=1S/C20H35F4N5O2/c1-11(2)9-15(17(25)30)31-19-16(21)18(26-10-27-19)29-14(7-8-28-29)12-3-5-13(6-4-12)20(22,23)24/h11-16,18-19,26-28H,3-10H2,1-2H3,(H2,25,30)/t12?,13?,14?,15-,16?,18?,19?/m1/s1. The molecule has 1 aliphatic carbocycles. The van der Waals surface area contributed by atoms with E-state index in [0.29, 0.717) is 25.8 Å². The van der Waals surface area contributed by atoms with Crippen molar-refractivity contribution in [2.45, 2.75) is 89.3 Å². The Morgan fingerprint density at radius 2 is 1.84 bits per heavy atom. The van der Waals surface area contributed by atoms with Gasteiger partial charge in [0.05, 0.1) is 5.92 Å². The summed E-state index contributed by atoms with van der Waals surface area (Å²) in [7, 11) is 0. The molecule has 5 N–H and O–H groups in total. The molecule has 1 saturated carbocycles. The Labute approximate surface area is 180 Å². The van der Waals surface area contributed by atoms with Crippen molar-refractivity contribution >= 4 is 5.91 Å². The highest BCUT2D eigenvalue weighted by Crippen LogP contribution is 2.42. The number of amides is 1. The van der Waals surface area contributed by atoms with Crippen LogP contribution in [0.2, 0.25) is 0 Å². The fraction of sp³-hybridized carbons (Fsp3) is 0.950. The topological polar surface area (TPSA) is 91.7 Å². The highest BCUT2D eigenvalue weighted by Gasteiger charge is 2.47. The van der Waals surface area contributed by atoms with Gasteiger partial charge in [0.25, 0.3) is 0 Å². The number of nitrogens with two attached hydrogens (primary N) is 1. The second-order valence-corrected chi connectivity index (χ2v) is 9.38. The Hall–Kier alpha value is -1.01. The summed E-state index contributed by atoms with van der Waals surface area (Å²) in [4.78, 5) is 11.7. The number of alkyl halides is 4. The number of nitrogens with zero attached hydrogens (tertiary/aromatic N) is 1. The number of halogens is 4. The van der Waals surface area contributed by atoms with E-state index in [0.717, 1.165) is 6.42 Å². The number of ether oxygens (including phenoxy) is 1. The lowest BCUT2D eigenvalue weighted by Gasteiger charge is -2.44. The number of rotatable bonds is 7. The maximum Gasteiger partial charge on any atom is 0.391 e. The first-order chi connectivity index (χ1) is 14.6. The normalized spacial score (nSPS) is 36.6. The summed E-state index contributed by atoms with van der Waals surface area (Å²) >= 11 is 0. The van der Waals surface area contributed by atoms with Gasteiger partial charge in [-0.2, -0.15) is 13.2 Å². The third-order valence-corrected chi connectivity index (χ3v) is 6.69. The third-order valence-electron chi connectivity index (χ3n) is 6.69. The van der Waals surface area contributed by atoms with Crippen LogP contribution in [0.4, 0.5) is 17.6 Å². The summed E-state index contributed by atoms with van der Waals surface area (Å²) in [6, 6.07) is -0.0497. The van der Waals surface area contributed by atoms with E-state index >= 15 is 4.39 Å². The summed E-state index contributed by atoms with van der Waals surface area (Å²) in [6.45, 7) is 4.77. The van der Waals surface area contributed by atoms with Crippen LogP contribution in [0.3, 0.4) is 0 Å². The lowest BCUT2D eigenvalue weighted by Crippen LogP contribution is -2.69. The van der Waals surface area contributed by atoms with Gasteiger partial charge in [0.2, 0.25) is 5.91 Å². The van der Waals surface area contributed by atoms with Crippen LogP contribution in [-0.2, 0) is 9.53 Å². The average Bonchev–Trinajstić information content (AvgIpc) is 3.17. The van der Waals surface area contributed by atoms with E-state index in [-0.39, 0.29) is 37.4 Å². The molecule has 31 heavy (non-hydrogen) atoms. The van der Waals surface area contributed by atoms with Crippen LogP contribution in [0.5, 0.6) is 0 Å². The molecule has 3 fully saturated rings. The highest BCUT2D eigenvalue weighted by atomic mass is 19.4. The molecule has 2 heterocycles. The second-order valence-electron chi connectivity index (χ2n) is 9.38. The zero-order valence-electron chi connectivity index (χ0n) is 18.1. The van der Waals surface area contributed by atoms with Crippen molar-refractivity contribution in [3.8, 4) is 0 Å². The van der Waals surface area contributed by atoms with E-state index in [2.05, 4.69) is 16.1 Å². The van der Waals surface area contributed by atoms with Gasteiger partial charge in [0.1, 0.15) is 18.5 Å². The number of carbonyl (C=O) groups is 1. The van der Waals surface area contributed by atoms with Crippen molar-refractivity contribution in [3.05, 3.63) is 0 Å². The van der Waals surface area contributed by atoms with Crippen LogP contribution in [0.15, 0.2) is 0 Å². The fourth-order valence-electron chi connectivity index (χ4n) is 5.07. The van der Waals surface area contributed by atoms with Crippen molar-refractivity contribution < 1.29 is 27.1 Å². The van der Waals surface area contributed by atoms with E-state index in [1.165, 1.54) is 0 Å². The van der Waals surface area contributed by atoms with Crippen LogP contribution in [0, 0.1) is 17.8 Å². The van der Waals surface area contributed by atoms with Crippen molar-refractivity contribution in [3.63, 3.8) is 0 Å². The summed E-state index contributed by atoms with van der Waals surface area (Å²) in [6.07, 6.45) is -5.91. The van der Waals surface area contributed by atoms with E-state index in [4.69, 9.17) is 10.5 Å². The first kappa shape index (κ1) is 24.6. The Morgan fingerprint density at radius 1 is 1.16 bits per heavy atom. The smallest absolute Gasteiger partial charge is 0.367 e. The number of carbonyl (C=O) groups excluding carboxylic acids is 1. The molecular formula is C20H35F4N5O2. The third kappa shape index (κ3) is 6.07. The van der Waals surface area contributed by atoms with Gasteiger partial charge in [0, 0.05) is 19.3 Å². The van der Waals surface area contributed by atoms with Crippen molar-refractivity contribution in [1.82, 2.24) is 21.1 Å². The second kappa shape index (κ2) is 10.3. The molecule has 0 spiro atoms. The largest absolute Gasteiger partial charge is 0.391 e. The molecule has 2 aliphatic heterocycles. The lowest BCUT2D eigenvalue weighted by molar-refractivity contribution is -0.185. The van der Waals surface area contributed by atoms with Crippen LogP contribution in [0.1, 0.15) is 52.4 Å². The maximum atomic E-state index is 15.5. The van der Waals surface area contributed by atoms with Crippen LogP contribution in [0.25, 0.3) is 0 Å². The molecule has 3 rings (SSSR count). The molecule has 11 heteroatoms. The molecule has 0 aromatic carbocycles. The molecular weight excluding hydrogens is 418 g/mol. The summed E-state index contributed by atoms with van der Waals surface area (Å²) in [5.74, 6) is -1.63. The van der Waals surface area contributed by atoms with E-state index in [9.17, 15) is 18.0 Å². The van der Waals surface area contributed by atoms with E-state index in [1.54, 1.807) is 0 Å². The minimum Gasteiger partial charge on any atom is -0.367 e.